The summed E-state index contributed by atoms with van der Waals surface area (Å²) in [6.07, 6.45) is -5.26. The first-order valence-corrected chi connectivity index (χ1v) is 5.26. The second-order valence-electron chi connectivity index (χ2n) is 4.46. The van der Waals surface area contributed by atoms with E-state index in [1.165, 1.54) is 13.8 Å². The number of carbonyl (C=O) groups excluding carboxylic acids is 1. The first kappa shape index (κ1) is 17.3. The van der Waals surface area contributed by atoms with Crippen molar-refractivity contribution in [1.29, 1.82) is 0 Å². The first-order chi connectivity index (χ1) is 8.42. The Labute approximate surface area is 107 Å². The molecule has 0 aromatic rings. The van der Waals surface area contributed by atoms with Crippen molar-refractivity contribution < 1.29 is 28.2 Å². The molecule has 0 aromatic heterocycles. The van der Waals surface area contributed by atoms with E-state index < -0.39 is 46.3 Å². The lowest BCUT2D eigenvalue weighted by Gasteiger charge is -2.19. The Morgan fingerprint density at radius 3 is 2.00 bits per heavy atom. The van der Waals surface area contributed by atoms with Gasteiger partial charge in [0.15, 0.2) is 6.61 Å². The van der Waals surface area contributed by atoms with Gasteiger partial charge in [0, 0.05) is 5.92 Å². The maximum atomic E-state index is 13.2. The molecule has 0 aliphatic rings. The summed E-state index contributed by atoms with van der Waals surface area (Å²) in [5.74, 6) is -1.47. The number of nitrogens with zero attached hydrogens (tertiary/aromatic N) is 2. The third-order valence-electron chi connectivity index (χ3n) is 2.37. The van der Waals surface area contributed by atoms with Gasteiger partial charge in [-0.3, -0.25) is 25.0 Å². The molecule has 0 aliphatic carbocycles. The highest BCUT2D eigenvalue weighted by Gasteiger charge is 2.53. The van der Waals surface area contributed by atoms with E-state index in [1.807, 2.05) is 0 Å². The molecule has 0 heterocycles. The molecular formula is C9H14F2N2O6. The zero-order valence-electron chi connectivity index (χ0n) is 10.6. The maximum Gasteiger partial charge on any atom is 0.478 e. The zero-order valence-corrected chi connectivity index (χ0v) is 10.6. The average molecular weight is 284 g/mol. The van der Waals surface area contributed by atoms with Gasteiger partial charge in [-0.05, 0) is 0 Å². The summed E-state index contributed by atoms with van der Waals surface area (Å²) in [5, 5.41) is 21.0. The van der Waals surface area contributed by atoms with Crippen LogP contribution in [-0.2, 0) is 9.53 Å². The van der Waals surface area contributed by atoms with Crippen LogP contribution >= 0.6 is 0 Å². The van der Waals surface area contributed by atoms with Gasteiger partial charge in [-0.1, -0.05) is 13.8 Å². The molecule has 0 radical (unpaired) electrons. The number of alkyl halides is 2. The van der Waals surface area contributed by atoms with Crippen molar-refractivity contribution in [1.82, 2.24) is 0 Å². The highest BCUT2D eigenvalue weighted by Crippen LogP contribution is 2.25. The van der Waals surface area contributed by atoms with Crippen molar-refractivity contribution in [3.8, 4) is 0 Å². The predicted octanol–water partition coefficient (Wildman–Crippen LogP) is 1.48. The van der Waals surface area contributed by atoms with Gasteiger partial charge in [0.25, 0.3) is 0 Å². The van der Waals surface area contributed by atoms with Crippen molar-refractivity contribution in [2.45, 2.75) is 39.0 Å². The molecule has 0 rings (SSSR count). The smallest absolute Gasteiger partial charge is 0.304 e. The normalized spacial score (nSPS) is 12.5. The number of ketones is 1. The van der Waals surface area contributed by atoms with Crippen LogP contribution in [0.15, 0.2) is 0 Å². The van der Waals surface area contributed by atoms with Gasteiger partial charge in [0.05, 0.1) is 13.3 Å². The van der Waals surface area contributed by atoms with E-state index in [4.69, 9.17) is 0 Å². The van der Waals surface area contributed by atoms with Gasteiger partial charge < -0.3 is 4.74 Å². The van der Waals surface area contributed by atoms with Gasteiger partial charge in [-0.25, -0.2) is 0 Å². The molecule has 0 amide bonds. The Balaban J connectivity index is 4.73. The van der Waals surface area contributed by atoms with Gasteiger partial charge >= 0.3 is 11.8 Å². The van der Waals surface area contributed by atoms with E-state index in [9.17, 15) is 33.8 Å². The lowest BCUT2D eigenvalue weighted by molar-refractivity contribution is -0.795. The van der Waals surface area contributed by atoms with E-state index in [1.54, 1.807) is 0 Å². The molecule has 0 unspecified atom stereocenters. The minimum atomic E-state index is -3.98. The predicted molar refractivity (Wildman–Crippen MR) is 57.8 cm³/mol. The van der Waals surface area contributed by atoms with E-state index in [0.717, 1.165) is 0 Å². The van der Waals surface area contributed by atoms with Crippen molar-refractivity contribution >= 4 is 5.78 Å². The minimum absolute atomic E-state index is 0.549. The van der Waals surface area contributed by atoms with E-state index in [-0.39, 0.29) is 0 Å². The van der Waals surface area contributed by atoms with Crippen LogP contribution in [0.5, 0.6) is 0 Å². The van der Waals surface area contributed by atoms with Crippen LogP contribution in [0.2, 0.25) is 0 Å². The fraction of sp³-hybridized carbons (Fsp3) is 0.889. The summed E-state index contributed by atoms with van der Waals surface area (Å²) in [4.78, 5) is 29.4. The molecule has 0 atom stereocenters. The van der Waals surface area contributed by atoms with Gasteiger partial charge in [-0.2, -0.15) is 8.78 Å². The highest BCUT2D eigenvalue weighted by atomic mass is 19.3. The molecule has 0 aromatic carbocycles. The largest absolute Gasteiger partial charge is 0.478 e. The minimum Gasteiger partial charge on any atom is -0.304 e. The maximum absolute atomic E-state index is 13.2. The lowest BCUT2D eigenvalue weighted by Crippen LogP contribution is -2.49. The molecule has 0 spiro atoms. The molecular weight excluding hydrogens is 270 g/mol. The van der Waals surface area contributed by atoms with E-state index in [0.29, 0.717) is 6.92 Å². The standard InChI is InChI=1S/C9H14F2N2O6/c1-6(2)7(14)4-9(10,11)19-5-8(3,12(15)16)13(17)18/h6H,4-5H2,1-3H3. The highest BCUT2D eigenvalue weighted by molar-refractivity contribution is 5.80. The number of carbonyl (C=O) groups is 1. The summed E-state index contributed by atoms with van der Waals surface area (Å²) < 4.78 is 30.3. The first-order valence-electron chi connectivity index (χ1n) is 5.26. The SMILES string of the molecule is CC(C)C(=O)CC(F)(F)OCC(C)([N+](=O)[O-])[N+](=O)[O-]. The molecule has 0 aliphatic heterocycles. The Hall–Kier alpha value is -1.71. The summed E-state index contributed by atoms with van der Waals surface area (Å²) in [7, 11) is 0. The van der Waals surface area contributed by atoms with Gasteiger partial charge in [-0.15, -0.1) is 0 Å². The van der Waals surface area contributed by atoms with Crippen LogP contribution in [0.3, 0.4) is 0 Å². The molecule has 10 heteroatoms. The molecule has 19 heavy (non-hydrogen) atoms. The van der Waals surface area contributed by atoms with Crippen molar-refractivity contribution in [2.24, 2.45) is 5.92 Å². The number of nitro groups is 2. The Morgan fingerprint density at radius 1 is 1.26 bits per heavy atom. The third-order valence-corrected chi connectivity index (χ3v) is 2.37. The van der Waals surface area contributed by atoms with Gasteiger partial charge in [0.1, 0.15) is 15.6 Å². The molecule has 0 bridgehead atoms. The number of hydrogen-bond acceptors (Lipinski definition) is 6. The molecule has 110 valence electrons. The Kier molecular flexibility index (Phi) is 5.42. The average Bonchev–Trinajstić information content (AvgIpc) is 2.24. The topological polar surface area (TPSA) is 113 Å². The van der Waals surface area contributed by atoms with E-state index in [2.05, 4.69) is 4.74 Å². The summed E-state index contributed by atoms with van der Waals surface area (Å²) >= 11 is 0. The fourth-order valence-corrected chi connectivity index (χ4v) is 0.872. The number of ether oxygens (including phenoxy) is 1. The van der Waals surface area contributed by atoms with Crippen molar-refractivity contribution in [3.63, 3.8) is 0 Å². The van der Waals surface area contributed by atoms with Crippen LogP contribution in [0, 0.1) is 26.1 Å². The number of halogens is 2. The zero-order chi connectivity index (χ0) is 15.4. The molecule has 8 nitrogen and oxygen atoms in total. The molecule has 0 fully saturated rings. The number of rotatable bonds is 8. The van der Waals surface area contributed by atoms with Gasteiger partial charge in [0.2, 0.25) is 0 Å². The summed E-state index contributed by atoms with van der Waals surface area (Å²) in [6.45, 7) is 1.91. The molecule has 0 saturated heterocycles. The van der Waals surface area contributed by atoms with E-state index >= 15 is 0 Å². The van der Waals surface area contributed by atoms with Crippen LogP contribution in [-0.4, -0.2) is 34.0 Å². The molecule has 0 N–H and O–H groups in total. The Bertz CT molecular complexity index is 371. The van der Waals surface area contributed by atoms with Crippen LogP contribution in [0.1, 0.15) is 27.2 Å². The van der Waals surface area contributed by atoms with Crippen LogP contribution < -0.4 is 0 Å². The fourth-order valence-electron chi connectivity index (χ4n) is 0.872. The van der Waals surface area contributed by atoms with Crippen LogP contribution in [0.25, 0.3) is 0 Å². The van der Waals surface area contributed by atoms with Crippen molar-refractivity contribution in [2.75, 3.05) is 6.61 Å². The second kappa shape index (κ2) is 5.95. The monoisotopic (exact) mass is 284 g/mol. The quantitative estimate of drug-likeness (QED) is 0.379. The van der Waals surface area contributed by atoms with Crippen molar-refractivity contribution in [3.05, 3.63) is 20.2 Å². The summed E-state index contributed by atoms with van der Waals surface area (Å²) in [6, 6.07) is 0. The second-order valence-corrected chi connectivity index (χ2v) is 4.46. The van der Waals surface area contributed by atoms with Crippen LogP contribution in [0.4, 0.5) is 8.78 Å². The molecule has 0 saturated carbocycles. The summed E-state index contributed by atoms with van der Waals surface area (Å²) in [5.41, 5.74) is -2.88. The number of Topliss-reactive ketones (excluding diaryl/α,β-unsaturated/α-hetero) is 1. The Morgan fingerprint density at radius 2 is 1.68 bits per heavy atom. The third kappa shape index (κ3) is 4.81. The number of hydrogen-bond donors (Lipinski definition) is 0. The lowest BCUT2D eigenvalue weighted by atomic mass is 10.1.